The highest BCUT2D eigenvalue weighted by molar-refractivity contribution is 7.99. The molecular weight excluding hydrogens is 142 g/mol. The minimum atomic E-state index is 0.692. The summed E-state index contributed by atoms with van der Waals surface area (Å²) in [5.74, 6) is 2.49. The summed E-state index contributed by atoms with van der Waals surface area (Å²) in [5, 5.41) is 3.45. The van der Waals surface area contributed by atoms with Crippen LogP contribution in [-0.2, 0) is 0 Å². The van der Waals surface area contributed by atoms with Crippen LogP contribution in [-0.4, -0.2) is 24.1 Å². The summed E-state index contributed by atoms with van der Waals surface area (Å²) in [7, 11) is 0. The molecule has 0 rings (SSSR count). The molecule has 62 valence electrons. The molecule has 1 nitrogen and oxygen atoms in total. The van der Waals surface area contributed by atoms with E-state index in [1.165, 1.54) is 17.9 Å². The Morgan fingerprint density at radius 2 is 2.10 bits per heavy atom. The van der Waals surface area contributed by atoms with Crippen molar-refractivity contribution in [2.45, 2.75) is 33.2 Å². The van der Waals surface area contributed by atoms with Crippen molar-refractivity contribution >= 4 is 11.8 Å². The van der Waals surface area contributed by atoms with Crippen LogP contribution >= 0.6 is 11.8 Å². The van der Waals surface area contributed by atoms with Crippen LogP contribution < -0.4 is 5.32 Å². The summed E-state index contributed by atoms with van der Waals surface area (Å²) < 4.78 is 0. The lowest BCUT2D eigenvalue weighted by Gasteiger charge is -2.09. The Balaban J connectivity index is 2.89. The zero-order chi connectivity index (χ0) is 7.82. The van der Waals surface area contributed by atoms with E-state index >= 15 is 0 Å². The molecule has 1 unspecified atom stereocenters. The fourth-order valence-electron chi connectivity index (χ4n) is 0.666. The van der Waals surface area contributed by atoms with Gasteiger partial charge in [-0.05, 0) is 19.1 Å². The molecule has 0 heterocycles. The Morgan fingerprint density at radius 3 is 2.60 bits per heavy atom. The number of thioether (sulfide) groups is 1. The van der Waals surface area contributed by atoms with Gasteiger partial charge in [-0.25, -0.2) is 0 Å². The highest BCUT2D eigenvalue weighted by Gasteiger charge is 1.94. The minimum absolute atomic E-state index is 0.692. The molecule has 0 aliphatic carbocycles. The SMILES string of the molecule is CCSCCNC(C)CC. The highest BCUT2D eigenvalue weighted by atomic mass is 32.2. The average Bonchev–Trinajstić information content (AvgIpc) is 1.98. The van der Waals surface area contributed by atoms with Crippen LogP contribution in [0.4, 0.5) is 0 Å². The number of hydrogen-bond donors (Lipinski definition) is 1. The molecular formula is C8H19NS. The van der Waals surface area contributed by atoms with Gasteiger partial charge in [-0.15, -0.1) is 0 Å². The molecule has 0 fully saturated rings. The van der Waals surface area contributed by atoms with E-state index in [0.717, 1.165) is 6.54 Å². The van der Waals surface area contributed by atoms with Gasteiger partial charge in [0, 0.05) is 18.3 Å². The average molecular weight is 161 g/mol. The van der Waals surface area contributed by atoms with Crippen molar-refractivity contribution in [3.05, 3.63) is 0 Å². The molecule has 0 saturated heterocycles. The van der Waals surface area contributed by atoms with E-state index in [9.17, 15) is 0 Å². The van der Waals surface area contributed by atoms with E-state index in [0.29, 0.717) is 6.04 Å². The molecule has 1 atom stereocenters. The van der Waals surface area contributed by atoms with Gasteiger partial charge in [-0.2, -0.15) is 11.8 Å². The molecule has 0 aromatic heterocycles. The normalized spacial score (nSPS) is 13.5. The predicted molar refractivity (Wildman–Crippen MR) is 50.8 cm³/mol. The Morgan fingerprint density at radius 1 is 1.40 bits per heavy atom. The lowest BCUT2D eigenvalue weighted by Crippen LogP contribution is -2.27. The van der Waals surface area contributed by atoms with E-state index in [2.05, 4.69) is 26.1 Å². The maximum atomic E-state index is 3.45. The van der Waals surface area contributed by atoms with Gasteiger partial charge < -0.3 is 5.32 Å². The molecule has 0 aromatic rings. The van der Waals surface area contributed by atoms with Crippen molar-refractivity contribution < 1.29 is 0 Å². The maximum absolute atomic E-state index is 3.45. The largest absolute Gasteiger partial charge is 0.313 e. The molecule has 0 aromatic carbocycles. The van der Waals surface area contributed by atoms with Crippen LogP contribution in [0.15, 0.2) is 0 Å². The molecule has 0 radical (unpaired) electrons. The van der Waals surface area contributed by atoms with Crippen molar-refractivity contribution in [1.29, 1.82) is 0 Å². The Labute approximate surface area is 69.0 Å². The van der Waals surface area contributed by atoms with Gasteiger partial charge >= 0.3 is 0 Å². The number of nitrogens with one attached hydrogen (secondary N) is 1. The van der Waals surface area contributed by atoms with Crippen molar-refractivity contribution in [3.63, 3.8) is 0 Å². The Bertz CT molecular complexity index is 66.3. The summed E-state index contributed by atoms with van der Waals surface area (Å²) in [6.45, 7) is 7.81. The van der Waals surface area contributed by atoms with Crippen molar-refractivity contribution in [2.75, 3.05) is 18.1 Å². The van der Waals surface area contributed by atoms with Crippen molar-refractivity contribution in [3.8, 4) is 0 Å². The summed E-state index contributed by atoms with van der Waals surface area (Å²) in [5.41, 5.74) is 0. The zero-order valence-electron chi connectivity index (χ0n) is 7.31. The molecule has 0 amide bonds. The van der Waals surface area contributed by atoms with Gasteiger partial charge in [0.25, 0.3) is 0 Å². The number of hydrogen-bond acceptors (Lipinski definition) is 2. The molecule has 0 bridgehead atoms. The summed E-state index contributed by atoms with van der Waals surface area (Å²) in [6.07, 6.45) is 1.23. The Kier molecular flexibility index (Phi) is 7.65. The topological polar surface area (TPSA) is 12.0 Å². The van der Waals surface area contributed by atoms with Crippen LogP contribution in [0.5, 0.6) is 0 Å². The molecule has 2 heteroatoms. The molecule has 0 spiro atoms. The second-order valence-electron chi connectivity index (χ2n) is 2.46. The summed E-state index contributed by atoms with van der Waals surface area (Å²) >= 11 is 2.00. The van der Waals surface area contributed by atoms with Crippen LogP contribution in [0.3, 0.4) is 0 Å². The molecule has 0 aliphatic heterocycles. The Hall–Kier alpha value is 0.310. The van der Waals surface area contributed by atoms with Crippen LogP contribution in [0, 0.1) is 0 Å². The third-order valence-electron chi connectivity index (χ3n) is 1.56. The first-order valence-electron chi connectivity index (χ1n) is 4.12. The summed E-state index contributed by atoms with van der Waals surface area (Å²) in [4.78, 5) is 0. The first-order valence-corrected chi connectivity index (χ1v) is 5.27. The molecule has 1 N–H and O–H groups in total. The first-order chi connectivity index (χ1) is 4.81. The predicted octanol–water partition coefficient (Wildman–Crippen LogP) is 2.13. The zero-order valence-corrected chi connectivity index (χ0v) is 8.13. The number of rotatable bonds is 6. The van der Waals surface area contributed by atoms with E-state index in [-0.39, 0.29) is 0 Å². The van der Waals surface area contributed by atoms with Crippen molar-refractivity contribution in [2.24, 2.45) is 0 Å². The van der Waals surface area contributed by atoms with Gasteiger partial charge in [0.05, 0.1) is 0 Å². The van der Waals surface area contributed by atoms with Gasteiger partial charge in [0.1, 0.15) is 0 Å². The fourth-order valence-corrected chi connectivity index (χ4v) is 1.22. The van der Waals surface area contributed by atoms with E-state index in [4.69, 9.17) is 0 Å². The van der Waals surface area contributed by atoms with Crippen LogP contribution in [0.2, 0.25) is 0 Å². The summed E-state index contributed by atoms with van der Waals surface area (Å²) in [6, 6.07) is 0.692. The lowest BCUT2D eigenvalue weighted by molar-refractivity contribution is 0.555. The van der Waals surface area contributed by atoms with Gasteiger partial charge in [0.15, 0.2) is 0 Å². The third kappa shape index (κ3) is 6.43. The van der Waals surface area contributed by atoms with Crippen LogP contribution in [0.1, 0.15) is 27.2 Å². The standard InChI is InChI=1S/C8H19NS/c1-4-8(3)9-6-7-10-5-2/h8-9H,4-7H2,1-3H3. The smallest absolute Gasteiger partial charge is 0.00580 e. The van der Waals surface area contributed by atoms with Gasteiger partial charge in [-0.3, -0.25) is 0 Å². The maximum Gasteiger partial charge on any atom is 0.00580 e. The minimum Gasteiger partial charge on any atom is -0.313 e. The molecule has 0 aliphatic rings. The quantitative estimate of drug-likeness (QED) is 0.599. The van der Waals surface area contributed by atoms with E-state index in [1.54, 1.807) is 0 Å². The van der Waals surface area contributed by atoms with Crippen LogP contribution in [0.25, 0.3) is 0 Å². The lowest BCUT2D eigenvalue weighted by atomic mass is 10.3. The monoisotopic (exact) mass is 161 g/mol. The fraction of sp³-hybridized carbons (Fsp3) is 1.00. The van der Waals surface area contributed by atoms with E-state index < -0.39 is 0 Å². The van der Waals surface area contributed by atoms with E-state index in [1.807, 2.05) is 11.8 Å². The highest BCUT2D eigenvalue weighted by Crippen LogP contribution is 1.96. The molecule has 10 heavy (non-hydrogen) atoms. The van der Waals surface area contributed by atoms with Gasteiger partial charge in [0.2, 0.25) is 0 Å². The first kappa shape index (κ1) is 10.3. The molecule has 0 saturated carbocycles. The second kappa shape index (κ2) is 7.42. The third-order valence-corrected chi connectivity index (χ3v) is 2.46. The van der Waals surface area contributed by atoms with Crippen molar-refractivity contribution in [1.82, 2.24) is 5.32 Å². The second-order valence-corrected chi connectivity index (χ2v) is 3.85. The van der Waals surface area contributed by atoms with Gasteiger partial charge in [-0.1, -0.05) is 13.8 Å².